The van der Waals surface area contributed by atoms with Gasteiger partial charge in [-0.2, -0.15) is 0 Å². The van der Waals surface area contributed by atoms with Crippen molar-refractivity contribution in [2.45, 2.75) is 159 Å². The van der Waals surface area contributed by atoms with E-state index in [1.807, 2.05) is 0 Å². The van der Waals surface area contributed by atoms with Crippen molar-refractivity contribution in [3.63, 3.8) is 0 Å². The third-order valence-corrected chi connectivity index (χ3v) is 13.6. The lowest BCUT2D eigenvalue weighted by Gasteiger charge is -2.32. The van der Waals surface area contributed by atoms with E-state index in [4.69, 9.17) is 17.2 Å². The van der Waals surface area contributed by atoms with E-state index in [1.165, 1.54) is 37.8 Å². The minimum absolute atomic E-state index is 0.00407. The molecule has 0 unspecified atom stereocenters. The number of hydrogen-bond donors (Lipinski definition) is 16. The largest absolute Gasteiger partial charge is 0.508 e. The van der Waals surface area contributed by atoms with Crippen LogP contribution in [0.15, 0.2) is 54.6 Å². The molecule has 11 atom stereocenters. The minimum Gasteiger partial charge on any atom is -0.508 e. The number of carbonyl (C=O) groups excluding carboxylic acids is 11. The van der Waals surface area contributed by atoms with E-state index < -0.39 is 169 Å². The molecule has 1 heterocycles. The first-order valence-electron chi connectivity index (χ1n) is 27.7. The summed E-state index contributed by atoms with van der Waals surface area (Å²) < 4.78 is 0. The third-order valence-electron chi connectivity index (χ3n) is 13.6. The van der Waals surface area contributed by atoms with Gasteiger partial charge < -0.3 is 90.4 Å². The average molecular weight is 1180 g/mol. The first-order chi connectivity index (χ1) is 39.6. The van der Waals surface area contributed by atoms with Crippen molar-refractivity contribution in [3.8, 4) is 5.75 Å². The van der Waals surface area contributed by atoms with Gasteiger partial charge in [0, 0.05) is 13.0 Å². The van der Waals surface area contributed by atoms with E-state index >= 15 is 0 Å². The van der Waals surface area contributed by atoms with Crippen LogP contribution in [0.3, 0.4) is 0 Å². The van der Waals surface area contributed by atoms with Crippen LogP contribution in [0.25, 0.3) is 0 Å². The SMILES string of the molecule is CC(C)[C@H](NC(=O)[C@H](CC(N)=O)NC(=O)[C@@H](NC(=O)[C@@H]1CCCN1C(=O)[C@@H](NC(=O)[C@@H](N)Cc1ccc(O)cc1)C(C)C)[C@@H](C)O)C(=O)NCC(=O)N[C@@H](CO)C(=O)N[C@@H](CCCCN)C(=O)N[C@@H](C)C(=O)N[C@@H](Cc1ccccc1)C(=O)O. The van der Waals surface area contributed by atoms with Crippen molar-refractivity contribution in [1.29, 1.82) is 0 Å². The first kappa shape index (κ1) is 70.0. The Bertz CT molecular complexity index is 2610. The van der Waals surface area contributed by atoms with E-state index in [0.717, 1.165) is 6.92 Å². The number of phenolic OH excluding ortho intramolecular Hbond substituents is 1. The number of aliphatic carboxylic acids is 1. The van der Waals surface area contributed by atoms with Crippen molar-refractivity contribution in [2.75, 3.05) is 26.2 Å². The summed E-state index contributed by atoms with van der Waals surface area (Å²) in [6.07, 6.45) is -1.20. The number of likely N-dealkylation sites (tertiary alicyclic amines) is 1. The molecule has 19 N–H and O–H groups in total. The second-order valence-corrected chi connectivity index (χ2v) is 21.3. The summed E-state index contributed by atoms with van der Waals surface area (Å²) in [6.45, 7) is 7.34. The molecule has 0 saturated carbocycles. The zero-order chi connectivity index (χ0) is 63.0. The summed E-state index contributed by atoms with van der Waals surface area (Å²) in [5, 5.41) is 61.7. The van der Waals surface area contributed by atoms with E-state index in [-0.39, 0.29) is 44.5 Å². The van der Waals surface area contributed by atoms with Crippen LogP contribution in [0.1, 0.15) is 91.2 Å². The number of aromatic hydroxyl groups is 1. The Kier molecular flexibility index (Phi) is 28.6. The molecule has 1 fully saturated rings. The van der Waals surface area contributed by atoms with Gasteiger partial charge in [0.05, 0.1) is 31.7 Å². The highest BCUT2D eigenvalue weighted by atomic mass is 16.4. The second-order valence-electron chi connectivity index (χ2n) is 21.3. The van der Waals surface area contributed by atoms with Gasteiger partial charge in [-0.25, -0.2) is 4.79 Å². The third kappa shape index (κ3) is 22.5. The van der Waals surface area contributed by atoms with Crippen molar-refractivity contribution in [1.82, 2.24) is 52.8 Å². The molecule has 1 saturated heterocycles. The molecule has 11 amide bonds. The van der Waals surface area contributed by atoms with E-state index in [0.29, 0.717) is 30.4 Å². The quantitative estimate of drug-likeness (QED) is 0.0293. The first-order valence-corrected chi connectivity index (χ1v) is 27.7. The van der Waals surface area contributed by atoms with Crippen molar-refractivity contribution in [2.24, 2.45) is 29.0 Å². The molecule has 0 bridgehead atoms. The van der Waals surface area contributed by atoms with Crippen molar-refractivity contribution < 1.29 is 78.0 Å². The number of nitrogens with one attached hydrogen (secondary N) is 9. The van der Waals surface area contributed by atoms with Crippen molar-refractivity contribution in [3.05, 3.63) is 65.7 Å². The smallest absolute Gasteiger partial charge is 0.326 e. The van der Waals surface area contributed by atoms with E-state index in [1.54, 1.807) is 56.3 Å². The van der Waals surface area contributed by atoms with Gasteiger partial charge in [0.1, 0.15) is 60.1 Å². The van der Waals surface area contributed by atoms with Gasteiger partial charge in [0.2, 0.25) is 65.0 Å². The van der Waals surface area contributed by atoms with Gasteiger partial charge in [-0.05, 0) is 94.0 Å². The fraction of sp³-hybridized carbons (Fsp3) is 0.564. The number of nitrogens with two attached hydrogens (primary N) is 3. The lowest BCUT2D eigenvalue weighted by atomic mass is 10.00. The number of aliphatic hydroxyl groups is 2. The zero-order valence-corrected chi connectivity index (χ0v) is 48.1. The van der Waals surface area contributed by atoms with Crippen LogP contribution in [0.5, 0.6) is 5.75 Å². The molecule has 1 aliphatic heterocycles. The summed E-state index contributed by atoms with van der Waals surface area (Å²) in [6, 6.07) is 0.545. The van der Waals surface area contributed by atoms with Crippen LogP contribution in [-0.2, 0) is 70.4 Å². The number of carboxylic acids is 1. The number of aliphatic hydroxyl groups excluding tert-OH is 2. The summed E-state index contributed by atoms with van der Waals surface area (Å²) in [4.78, 5) is 161. The van der Waals surface area contributed by atoms with Crippen LogP contribution in [0.2, 0.25) is 0 Å². The fourth-order valence-electron chi connectivity index (χ4n) is 8.83. The van der Waals surface area contributed by atoms with Crippen LogP contribution in [-0.4, -0.2) is 189 Å². The number of hydrogen-bond acceptors (Lipinski definition) is 17. The summed E-state index contributed by atoms with van der Waals surface area (Å²) in [5.74, 6) is -12.7. The Morgan fingerprint density at radius 2 is 1.19 bits per heavy atom. The number of nitrogens with zero attached hydrogens (tertiary/aromatic N) is 1. The lowest BCUT2D eigenvalue weighted by molar-refractivity contribution is -0.143. The number of amides is 11. The Balaban J connectivity index is 1.64. The van der Waals surface area contributed by atoms with Gasteiger partial charge in [0.25, 0.3) is 0 Å². The summed E-state index contributed by atoms with van der Waals surface area (Å²) in [7, 11) is 0. The second kappa shape index (κ2) is 34.4. The van der Waals surface area contributed by atoms with Gasteiger partial charge in [-0.15, -0.1) is 0 Å². The fourth-order valence-corrected chi connectivity index (χ4v) is 8.83. The number of carboxylic acid groups (broad SMARTS) is 1. The number of carbonyl (C=O) groups is 12. The molecule has 1 aliphatic rings. The molecule has 3 rings (SSSR count). The lowest BCUT2D eigenvalue weighted by Crippen LogP contribution is -2.62. The highest BCUT2D eigenvalue weighted by Crippen LogP contribution is 2.22. The molecular weight excluding hydrogens is 1100 g/mol. The topological polar surface area (TPSA) is 475 Å². The molecule has 0 aliphatic carbocycles. The molecule has 464 valence electrons. The van der Waals surface area contributed by atoms with Gasteiger partial charge >= 0.3 is 5.97 Å². The van der Waals surface area contributed by atoms with Crippen LogP contribution in [0, 0.1) is 11.8 Å². The normalized spacial score (nSPS) is 16.6. The van der Waals surface area contributed by atoms with Gasteiger partial charge in [0.15, 0.2) is 0 Å². The molecular formula is C55H83N13O16. The van der Waals surface area contributed by atoms with Crippen LogP contribution >= 0.6 is 0 Å². The maximum absolute atomic E-state index is 14.0. The standard InChI is InChI=1S/C55H83N13O16/c1-28(2)43(52(80)59-26-42(73)61-39(27-69)50(78)62-36(15-10-11-21-56)48(76)60-30(5)46(74)64-38(55(83)84)24-32-13-8-7-9-14-32)65-49(77)37(25-41(58)72)63-53(81)45(31(6)70)67-51(79)40-16-12-22-68(40)54(82)44(29(3)4)66-47(75)35(57)23-33-17-19-34(71)20-18-33/h7-9,13-14,17-20,28-31,35-40,43-45,69-71H,10-12,15-16,21-27,56-57H2,1-6H3,(H2,58,72)(H,59,80)(H,60,76)(H,61,73)(H,62,78)(H,63,81)(H,64,74)(H,65,77)(H,66,75)(H,67,79)(H,83,84)/t30-,31+,35-,36-,37-,38-,39-,40-,43-,44-,45-/m0/s1. The predicted octanol–water partition coefficient (Wildman–Crippen LogP) is -4.72. The average Bonchev–Trinajstić information content (AvgIpc) is 4.18. The molecule has 0 aromatic heterocycles. The molecule has 84 heavy (non-hydrogen) atoms. The van der Waals surface area contributed by atoms with E-state index in [2.05, 4.69) is 47.9 Å². The number of rotatable bonds is 34. The minimum atomic E-state index is -1.80. The Labute approximate surface area is 486 Å². The monoisotopic (exact) mass is 1180 g/mol. The van der Waals surface area contributed by atoms with Gasteiger partial charge in [-0.3, -0.25) is 52.7 Å². The Hall–Kier alpha value is -8.28. The molecule has 0 spiro atoms. The number of phenols is 1. The maximum atomic E-state index is 14.0. The highest BCUT2D eigenvalue weighted by Gasteiger charge is 2.42. The van der Waals surface area contributed by atoms with Crippen LogP contribution < -0.4 is 65.1 Å². The highest BCUT2D eigenvalue weighted by molar-refractivity contribution is 5.99. The molecule has 2 aromatic rings. The number of primary amides is 1. The maximum Gasteiger partial charge on any atom is 0.326 e. The van der Waals surface area contributed by atoms with Crippen molar-refractivity contribution >= 4 is 70.9 Å². The summed E-state index contributed by atoms with van der Waals surface area (Å²) >= 11 is 0. The van der Waals surface area contributed by atoms with E-state index in [9.17, 15) is 78.0 Å². The predicted molar refractivity (Wildman–Crippen MR) is 302 cm³/mol. The summed E-state index contributed by atoms with van der Waals surface area (Å²) in [5.41, 5.74) is 18.5. The zero-order valence-electron chi connectivity index (χ0n) is 48.1. The molecule has 0 radical (unpaired) electrons. The van der Waals surface area contributed by atoms with Crippen LogP contribution in [0.4, 0.5) is 0 Å². The van der Waals surface area contributed by atoms with Gasteiger partial charge in [-0.1, -0.05) is 70.2 Å². The molecule has 29 heteroatoms. The number of benzene rings is 2. The Morgan fingerprint density at radius 1 is 0.619 bits per heavy atom. The molecule has 29 nitrogen and oxygen atoms in total. The molecule has 2 aromatic carbocycles. The number of unbranched alkanes of at least 4 members (excludes halogenated alkanes) is 1. The Morgan fingerprint density at radius 3 is 1.76 bits per heavy atom.